The summed E-state index contributed by atoms with van der Waals surface area (Å²) in [6.07, 6.45) is 3.97. The van der Waals surface area contributed by atoms with E-state index in [0.717, 1.165) is 44.3 Å². The van der Waals surface area contributed by atoms with Crippen molar-refractivity contribution in [2.45, 2.75) is 25.7 Å². The highest BCUT2D eigenvalue weighted by Gasteiger charge is 2.52. The first-order valence-electron chi connectivity index (χ1n) is 8.88. The summed E-state index contributed by atoms with van der Waals surface area (Å²) in [4.78, 5) is 29.8. The van der Waals surface area contributed by atoms with Crippen LogP contribution in [-0.4, -0.2) is 61.0 Å². The van der Waals surface area contributed by atoms with E-state index in [0.29, 0.717) is 26.3 Å². The molecule has 0 bridgehead atoms. The minimum Gasteiger partial charge on any atom is -0.381 e. The standard InChI is InChI=1S/C18H24N2O3S/c21-16(14-3-10-24-12-14)20-11-15(17(22)19-6-1-2-7-19)18(13-20)4-8-23-9-5-18/h3,10,12,15H,1-2,4-9,11,13H2/t15-/m1/s1. The Balaban J connectivity index is 1.58. The molecule has 0 saturated carbocycles. The fourth-order valence-corrected chi connectivity index (χ4v) is 5.10. The van der Waals surface area contributed by atoms with Gasteiger partial charge in [-0.3, -0.25) is 9.59 Å². The molecular formula is C18H24N2O3S. The lowest BCUT2D eigenvalue weighted by Gasteiger charge is -2.38. The first-order valence-corrected chi connectivity index (χ1v) is 9.82. The van der Waals surface area contributed by atoms with E-state index < -0.39 is 0 Å². The number of hydrogen-bond acceptors (Lipinski definition) is 4. The van der Waals surface area contributed by atoms with Crippen LogP contribution < -0.4 is 0 Å². The maximum absolute atomic E-state index is 13.1. The normalized spacial score (nSPS) is 26.2. The van der Waals surface area contributed by atoms with Gasteiger partial charge in [0, 0.05) is 50.2 Å². The molecule has 2 amide bonds. The molecule has 0 unspecified atom stereocenters. The van der Waals surface area contributed by atoms with Crippen molar-refractivity contribution in [3.8, 4) is 0 Å². The van der Waals surface area contributed by atoms with Crippen molar-refractivity contribution in [3.05, 3.63) is 22.4 Å². The second-order valence-corrected chi connectivity index (χ2v) is 8.04. The second-order valence-electron chi connectivity index (χ2n) is 7.26. The van der Waals surface area contributed by atoms with Gasteiger partial charge in [0.2, 0.25) is 5.91 Å². The number of hydrogen-bond donors (Lipinski definition) is 0. The van der Waals surface area contributed by atoms with Gasteiger partial charge in [-0.15, -0.1) is 0 Å². The van der Waals surface area contributed by atoms with Crippen molar-refractivity contribution in [1.82, 2.24) is 9.80 Å². The molecule has 4 rings (SSSR count). The van der Waals surface area contributed by atoms with Gasteiger partial charge in [-0.05, 0) is 37.1 Å². The van der Waals surface area contributed by atoms with E-state index in [2.05, 4.69) is 0 Å². The molecule has 24 heavy (non-hydrogen) atoms. The lowest BCUT2D eigenvalue weighted by molar-refractivity contribution is -0.139. The highest BCUT2D eigenvalue weighted by molar-refractivity contribution is 7.08. The van der Waals surface area contributed by atoms with E-state index >= 15 is 0 Å². The SMILES string of the molecule is O=C(c1ccsc1)N1C[C@H](C(=O)N2CCCC2)C2(CCOCC2)C1. The summed E-state index contributed by atoms with van der Waals surface area (Å²) in [5.41, 5.74) is 0.653. The predicted molar refractivity (Wildman–Crippen MR) is 92.0 cm³/mol. The predicted octanol–water partition coefficient (Wildman–Crippen LogP) is 2.24. The first kappa shape index (κ1) is 16.1. The Bertz CT molecular complexity index is 604. The second kappa shape index (κ2) is 6.48. The Kier molecular flexibility index (Phi) is 4.35. The summed E-state index contributed by atoms with van der Waals surface area (Å²) in [5.74, 6) is 0.260. The average molecular weight is 348 g/mol. The summed E-state index contributed by atoms with van der Waals surface area (Å²) >= 11 is 1.54. The number of amides is 2. The fraction of sp³-hybridized carbons (Fsp3) is 0.667. The van der Waals surface area contributed by atoms with Crippen LogP contribution in [0.2, 0.25) is 0 Å². The zero-order valence-electron chi connectivity index (χ0n) is 13.9. The van der Waals surface area contributed by atoms with Gasteiger partial charge in [0.25, 0.3) is 5.91 Å². The third kappa shape index (κ3) is 2.75. The number of carbonyl (C=O) groups is 2. The zero-order valence-corrected chi connectivity index (χ0v) is 14.7. The molecule has 3 saturated heterocycles. The molecule has 1 aromatic rings. The molecule has 5 nitrogen and oxygen atoms in total. The number of ether oxygens (including phenoxy) is 1. The Labute approximate surface area is 146 Å². The largest absolute Gasteiger partial charge is 0.381 e. The fourth-order valence-electron chi connectivity index (χ4n) is 4.47. The van der Waals surface area contributed by atoms with Crippen molar-refractivity contribution < 1.29 is 14.3 Å². The lowest BCUT2D eigenvalue weighted by Crippen LogP contribution is -2.45. The van der Waals surface area contributed by atoms with Crippen LogP contribution in [0.25, 0.3) is 0 Å². The minimum atomic E-state index is -0.0936. The maximum Gasteiger partial charge on any atom is 0.254 e. The van der Waals surface area contributed by atoms with Gasteiger partial charge in [-0.1, -0.05) is 0 Å². The molecule has 0 N–H and O–H groups in total. The monoisotopic (exact) mass is 348 g/mol. The number of carbonyl (C=O) groups excluding carboxylic acids is 2. The van der Waals surface area contributed by atoms with Gasteiger partial charge < -0.3 is 14.5 Å². The van der Waals surface area contributed by atoms with E-state index in [1.165, 1.54) is 11.3 Å². The molecule has 0 radical (unpaired) electrons. The first-order chi connectivity index (χ1) is 11.7. The van der Waals surface area contributed by atoms with E-state index in [1.54, 1.807) is 0 Å². The minimum absolute atomic E-state index is 0.0675. The smallest absolute Gasteiger partial charge is 0.254 e. The van der Waals surface area contributed by atoms with Crippen molar-refractivity contribution in [3.63, 3.8) is 0 Å². The molecule has 1 atom stereocenters. The summed E-state index contributed by atoms with van der Waals surface area (Å²) in [6, 6.07) is 1.87. The third-order valence-corrected chi connectivity index (χ3v) is 6.59. The Hall–Kier alpha value is -1.40. The summed E-state index contributed by atoms with van der Waals surface area (Å²) in [7, 11) is 0. The highest BCUT2D eigenvalue weighted by atomic mass is 32.1. The van der Waals surface area contributed by atoms with Crippen molar-refractivity contribution >= 4 is 23.2 Å². The maximum atomic E-state index is 13.1. The van der Waals surface area contributed by atoms with Gasteiger partial charge in [0.15, 0.2) is 0 Å². The zero-order chi connectivity index (χ0) is 16.6. The number of rotatable bonds is 2. The average Bonchev–Trinajstić information content (AvgIpc) is 3.35. The topological polar surface area (TPSA) is 49.9 Å². The van der Waals surface area contributed by atoms with Gasteiger partial charge >= 0.3 is 0 Å². The molecule has 0 aromatic carbocycles. The summed E-state index contributed by atoms with van der Waals surface area (Å²) in [6.45, 7) is 4.40. The van der Waals surface area contributed by atoms with Crippen molar-refractivity contribution in [2.24, 2.45) is 11.3 Å². The van der Waals surface area contributed by atoms with E-state index in [4.69, 9.17) is 4.74 Å². The number of thiophene rings is 1. The Morgan fingerprint density at radius 1 is 1.17 bits per heavy atom. The van der Waals surface area contributed by atoms with Crippen LogP contribution in [0.15, 0.2) is 16.8 Å². The molecule has 3 fully saturated rings. The van der Waals surface area contributed by atoms with Crippen molar-refractivity contribution in [1.29, 1.82) is 0 Å². The Morgan fingerprint density at radius 3 is 2.58 bits per heavy atom. The molecule has 1 spiro atoms. The van der Waals surface area contributed by atoms with E-state index in [1.807, 2.05) is 26.6 Å². The van der Waals surface area contributed by atoms with Gasteiger partial charge in [0.05, 0.1) is 11.5 Å². The molecule has 0 aliphatic carbocycles. The van der Waals surface area contributed by atoms with Crippen LogP contribution >= 0.6 is 11.3 Å². The van der Waals surface area contributed by atoms with E-state index in [-0.39, 0.29) is 23.1 Å². The molecule has 130 valence electrons. The van der Waals surface area contributed by atoms with E-state index in [9.17, 15) is 9.59 Å². The van der Waals surface area contributed by atoms with Gasteiger partial charge in [-0.2, -0.15) is 11.3 Å². The molecule has 4 heterocycles. The van der Waals surface area contributed by atoms with Gasteiger partial charge in [0.1, 0.15) is 0 Å². The molecule has 6 heteroatoms. The molecule has 3 aliphatic heterocycles. The number of likely N-dealkylation sites (tertiary alicyclic amines) is 2. The summed E-state index contributed by atoms with van der Waals surface area (Å²) in [5, 5.41) is 3.83. The van der Waals surface area contributed by atoms with Crippen LogP contribution in [-0.2, 0) is 9.53 Å². The van der Waals surface area contributed by atoms with Crippen LogP contribution in [0.3, 0.4) is 0 Å². The highest BCUT2D eigenvalue weighted by Crippen LogP contribution is 2.45. The third-order valence-electron chi connectivity index (χ3n) is 5.91. The summed E-state index contributed by atoms with van der Waals surface area (Å²) < 4.78 is 5.55. The van der Waals surface area contributed by atoms with Crippen LogP contribution in [0.5, 0.6) is 0 Å². The van der Waals surface area contributed by atoms with Gasteiger partial charge in [-0.25, -0.2) is 0 Å². The number of nitrogens with zero attached hydrogens (tertiary/aromatic N) is 2. The molecular weight excluding hydrogens is 324 g/mol. The van der Waals surface area contributed by atoms with Crippen LogP contribution in [0.4, 0.5) is 0 Å². The Morgan fingerprint density at radius 2 is 1.92 bits per heavy atom. The lowest BCUT2D eigenvalue weighted by atomic mass is 9.71. The van der Waals surface area contributed by atoms with Crippen LogP contribution in [0, 0.1) is 11.3 Å². The van der Waals surface area contributed by atoms with Crippen LogP contribution in [0.1, 0.15) is 36.0 Å². The quantitative estimate of drug-likeness (QED) is 0.824. The molecule has 1 aromatic heterocycles. The molecule has 3 aliphatic rings. The van der Waals surface area contributed by atoms with Crippen molar-refractivity contribution in [2.75, 3.05) is 39.4 Å².